The largest absolute Gasteiger partial charge is 0.310 e. The Kier molecular flexibility index (Phi) is 8.30. The normalized spacial score (nSPS) is 11.4. The fourth-order valence-corrected chi connectivity index (χ4v) is 9.26. The minimum absolute atomic E-state index is 0.657. The lowest BCUT2D eigenvalue weighted by atomic mass is 10.00. The van der Waals surface area contributed by atoms with Gasteiger partial charge in [-0.05, 0) is 69.8 Å². The van der Waals surface area contributed by atoms with Gasteiger partial charge in [0.25, 0.3) is 0 Å². The lowest BCUT2D eigenvalue weighted by Crippen LogP contribution is -2.10. The van der Waals surface area contributed by atoms with Gasteiger partial charge in [-0.1, -0.05) is 164 Å². The summed E-state index contributed by atoms with van der Waals surface area (Å²) in [5, 5.41) is 7.19. The fraction of sp³-hybridized carbons (Fsp3) is 0. The molecule has 0 saturated carbocycles. The van der Waals surface area contributed by atoms with Gasteiger partial charge in [0, 0.05) is 53.6 Å². The van der Waals surface area contributed by atoms with Crippen LogP contribution in [0.3, 0.4) is 0 Å². The van der Waals surface area contributed by atoms with Gasteiger partial charge >= 0.3 is 0 Å². The number of thiophene rings is 1. The number of benzene rings is 9. The lowest BCUT2D eigenvalue weighted by Gasteiger charge is -2.27. The van der Waals surface area contributed by atoms with Gasteiger partial charge in [0.15, 0.2) is 17.5 Å². The number of hydrogen-bond acceptors (Lipinski definition) is 5. The molecule has 11 rings (SSSR count). The Hall–Kier alpha value is -7.47. The minimum Gasteiger partial charge on any atom is -0.310 e. The van der Waals surface area contributed by atoms with Crippen LogP contribution in [0.4, 0.5) is 17.1 Å². The summed E-state index contributed by atoms with van der Waals surface area (Å²) in [5.41, 5.74) is 8.58. The van der Waals surface area contributed by atoms with E-state index in [-0.39, 0.29) is 0 Å². The molecule has 0 aliphatic carbocycles. The van der Waals surface area contributed by atoms with E-state index in [9.17, 15) is 0 Å². The molecule has 0 aliphatic rings. The molecular weight excluding hydrogens is 725 g/mol. The molecule has 272 valence electrons. The maximum atomic E-state index is 5.09. The number of hydrogen-bond donors (Lipinski definition) is 0. The van der Waals surface area contributed by atoms with Crippen LogP contribution in [0.15, 0.2) is 206 Å². The smallest absolute Gasteiger partial charge is 0.164 e. The van der Waals surface area contributed by atoms with E-state index in [0.29, 0.717) is 17.5 Å². The van der Waals surface area contributed by atoms with Gasteiger partial charge in [0.1, 0.15) is 0 Å². The van der Waals surface area contributed by atoms with E-state index in [1.165, 1.54) is 36.3 Å². The highest BCUT2D eigenvalue weighted by Crippen LogP contribution is 2.44. The second-order valence-electron chi connectivity index (χ2n) is 14.4. The van der Waals surface area contributed by atoms with Crippen LogP contribution in [0, 0.1) is 0 Å². The van der Waals surface area contributed by atoms with Crippen molar-refractivity contribution in [2.75, 3.05) is 4.90 Å². The highest BCUT2D eigenvalue weighted by molar-refractivity contribution is 7.26. The van der Waals surface area contributed by atoms with E-state index in [2.05, 4.69) is 150 Å². The molecule has 2 aromatic heterocycles. The SMILES string of the molecule is c1ccc(-c2nc(-c3ccccc3)nc(-c3cccc4sc5cc(-c6cccc(N(c7ccc8ccccc8c7)c7cccc8ccccc78)c6)ccc5c34)n2)cc1. The maximum Gasteiger partial charge on any atom is 0.164 e. The molecule has 0 amide bonds. The zero-order chi connectivity index (χ0) is 38.4. The molecule has 0 bridgehead atoms. The molecule has 11 aromatic rings. The molecule has 0 radical (unpaired) electrons. The van der Waals surface area contributed by atoms with Gasteiger partial charge in [-0.25, -0.2) is 15.0 Å². The van der Waals surface area contributed by atoms with Crippen LogP contribution in [0.1, 0.15) is 0 Å². The standard InChI is InChI=1S/C53H34N4S/c1-3-16-37(17-4-1)51-54-52(38-18-5-2-6-19-38)56-53(55-51)46-25-13-27-48-50(46)45-31-29-41(34-49(45)58-48)40-22-11-23-42(33-40)57(43-30-28-35-14-7-8-20-39(35)32-43)47-26-12-21-36-15-9-10-24-44(36)47/h1-34H. The van der Waals surface area contributed by atoms with Crippen LogP contribution < -0.4 is 4.90 Å². The molecule has 2 heterocycles. The van der Waals surface area contributed by atoms with Crippen LogP contribution in [0.2, 0.25) is 0 Å². The van der Waals surface area contributed by atoms with Crippen molar-refractivity contribution in [3.05, 3.63) is 206 Å². The first-order chi connectivity index (χ1) is 28.7. The summed E-state index contributed by atoms with van der Waals surface area (Å²) >= 11 is 1.81. The van der Waals surface area contributed by atoms with Crippen LogP contribution in [-0.4, -0.2) is 15.0 Å². The molecule has 5 heteroatoms. The number of rotatable bonds is 7. The maximum absolute atomic E-state index is 5.09. The van der Waals surface area contributed by atoms with Crippen molar-refractivity contribution in [1.29, 1.82) is 0 Å². The third-order valence-electron chi connectivity index (χ3n) is 10.9. The highest BCUT2D eigenvalue weighted by Gasteiger charge is 2.19. The van der Waals surface area contributed by atoms with Gasteiger partial charge in [-0.2, -0.15) is 0 Å². The molecule has 58 heavy (non-hydrogen) atoms. The monoisotopic (exact) mass is 758 g/mol. The summed E-state index contributed by atoms with van der Waals surface area (Å²) in [6.07, 6.45) is 0. The van der Waals surface area contributed by atoms with E-state index in [0.717, 1.165) is 50.3 Å². The predicted molar refractivity (Wildman–Crippen MR) is 244 cm³/mol. The van der Waals surface area contributed by atoms with Gasteiger partial charge in [0.05, 0.1) is 5.69 Å². The van der Waals surface area contributed by atoms with Crippen molar-refractivity contribution in [2.45, 2.75) is 0 Å². The number of anilines is 3. The minimum atomic E-state index is 0.657. The Morgan fingerprint density at radius 2 is 0.948 bits per heavy atom. The molecule has 0 fully saturated rings. The third kappa shape index (κ3) is 6.06. The number of nitrogens with zero attached hydrogens (tertiary/aromatic N) is 4. The number of aromatic nitrogens is 3. The molecule has 0 spiro atoms. The zero-order valence-corrected chi connectivity index (χ0v) is 32.1. The molecule has 0 aliphatic heterocycles. The molecule has 4 nitrogen and oxygen atoms in total. The number of fused-ring (bicyclic) bond motifs is 5. The molecular formula is C53H34N4S. The van der Waals surface area contributed by atoms with E-state index in [1.54, 1.807) is 11.3 Å². The van der Waals surface area contributed by atoms with Gasteiger partial charge < -0.3 is 4.90 Å². The first-order valence-corrected chi connectivity index (χ1v) is 20.2. The van der Waals surface area contributed by atoms with Crippen molar-refractivity contribution in [1.82, 2.24) is 15.0 Å². The van der Waals surface area contributed by atoms with E-state index < -0.39 is 0 Å². The fourth-order valence-electron chi connectivity index (χ4n) is 8.09. The summed E-state index contributed by atoms with van der Waals surface area (Å²) in [6.45, 7) is 0. The van der Waals surface area contributed by atoms with Gasteiger partial charge in [-0.15, -0.1) is 11.3 Å². The topological polar surface area (TPSA) is 41.9 Å². The predicted octanol–water partition coefficient (Wildman–Crippen LogP) is 14.7. The van der Waals surface area contributed by atoms with Crippen molar-refractivity contribution in [2.24, 2.45) is 0 Å². The van der Waals surface area contributed by atoms with Crippen molar-refractivity contribution in [3.8, 4) is 45.3 Å². The lowest BCUT2D eigenvalue weighted by molar-refractivity contribution is 1.08. The quantitative estimate of drug-likeness (QED) is 0.162. The molecule has 0 atom stereocenters. The third-order valence-corrected chi connectivity index (χ3v) is 12.0. The summed E-state index contributed by atoms with van der Waals surface area (Å²) < 4.78 is 2.41. The van der Waals surface area contributed by atoms with E-state index >= 15 is 0 Å². The van der Waals surface area contributed by atoms with Crippen molar-refractivity contribution < 1.29 is 0 Å². The second-order valence-corrected chi connectivity index (χ2v) is 15.5. The Labute approximate surface area is 340 Å². The van der Waals surface area contributed by atoms with Crippen LogP contribution in [0.5, 0.6) is 0 Å². The molecule has 0 N–H and O–H groups in total. The summed E-state index contributed by atoms with van der Waals surface area (Å²) in [6, 6.07) is 73.0. The first-order valence-electron chi connectivity index (χ1n) is 19.4. The Morgan fingerprint density at radius 1 is 0.345 bits per heavy atom. The Balaban J connectivity index is 1.04. The molecule has 0 unspecified atom stereocenters. The Bertz CT molecular complexity index is 3240. The van der Waals surface area contributed by atoms with Gasteiger partial charge in [0.2, 0.25) is 0 Å². The van der Waals surface area contributed by atoms with Crippen LogP contribution >= 0.6 is 11.3 Å². The summed E-state index contributed by atoms with van der Waals surface area (Å²) in [4.78, 5) is 17.5. The molecule has 9 aromatic carbocycles. The highest BCUT2D eigenvalue weighted by atomic mass is 32.1. The summed E-state index contributed by atoms with van der Waals surface area (Å²) in [7, 11) is 0. The average molecular weight is 759 g/mol. The van der Waals surface area contributed by atoms with Crippen molar-refractivity contribution >= 4 is 70.1 Å². The van der Waals surface area contributed by atoms with Crippen LogP contribution in [0.25, 0.3) is 87.0 Å². The van der Waals surface area contributed by atoms with Crippen LogP contribution in [-0.2, 0) is 0 Å². The first kappa shape index (κ1) is 33.8. The van der Waals surface area contributed by atoms with Crippen molar-refractivity contribution in [3.63, 3.8) is 0 Å². The average Bonchev–Trinajstić information content (AvgIpc) is 3.68. The Morgan fingerprint density at radius 3 is 1.74 bits per heavy atom. The van der Waals surface area contributed by atoms with E-state index in [1.807, 2.05) is 60.7 Å². The zero-order valence-electron chi connectivity index (χ0n) is 31.3. The summed E-state index contributed by atoms with van der Waals surface area (Å²) in [5.74, 6) is 1.98. The second kappa shape index (κ2) is 14.2. The van der Waals surface area contributed by atoms with E-state index in [4.69, 9.17) is 15.0 Å². The molecule has 0 saturated heterocycles. The van der Waals surface area contributed by atoms with Gasteiger partial charge in [-0.3, -0.25) is 0 Å².